The number of rotatable bonds is 6. The molecule has 0 amide bonds. The third-order valence-corrected chi connectivity index (χ3v) is 4.40. The molecule has 112 valence electrons. The summed E-state index contributed by atoms with van der Waals surface area (Å²) in [4.78, 5) is 0. The Balaban J connectivity index is 1.78. The van der Waals surface area contributed by atoms with E-state index in [1.807, 2.05) is 0 Å². The third kappa shape index (κ3) is 5.05. The molecule has 0 heterocycles. The molecule has 3 nitrogen and oxygen atoms in total. The molecule has 2 unspecified atom stereocenters. The van der Waals surface area contributed by atoms with Crippen molar-refractivity contribution >= 4 is 0 Å². The Morgan fingerprint density at radius 2 is 2.00 bits per heavy atom. The van der Waals surface area contributed by atoms with Gasteiger partial charge in [-0.05, 0) is 50.4 Å². The number of aliphatic hydroxyl groups excluding tert-OH is 1. The first-order chi connectivity index (χ1) is 8.92. The minimum Gasteiger partial charge on any atom is -0.394 e. The Morgan fingerprint density at radius 3 is 2.58 bits per heavy atom. The second-order valence-corrected chi connectivity index (χ2v) is 7.76. The van der Waals surface area contributed by atoms with Gasteiger partial charge in [0.15, 0.2) is 0 Å². The average Bonchev–Trinajstić information content (AvgIpc) is 3.12. The summed E-state index contributed by atoms with van der Waals surface area (Å²) in [7, 11) is 0. The van der Waals surface area contributed by atoms with Gasteiger partial charge in [-0.25, -0.2) is 0 Å². The van der Waals surface area contributed by atoms with Crippen LogP contribution in [0.4, 0.5) is 0 Å². The van der Waals surface area contributed by atoms with Crippen LogP contribution in [-0.4, -0.2) is 36.0 Å². The lowest BCUT2D eigenvalue weighted by molar-refractivity contribution is -0.0235. The van der Waals surface area contributed by atoms with E-state index in [0.717, 1.165) is 32.3 Å². The maximum atomic E-state index is 9.77. The van der Waals surface area contributed by atoms with E-state index >= 15 is 0 Å². The van der Waals surface area contributed by atoms with Crippen molar-refractivity contribution < 1.29 is 9.84 Å². The summed E-state index contributed by atoms with van der Waals surface area (Å²) in [6, 6.07) is 0.653. The number of nitrogens with one attached hydrogen (secondary N) is 1. The highest BCUT2D eigenvalue weighted by Crippen LogP contribution is 2.34. The first-order valence-corrected chi connectivity index (χ1v) is 7.93. The van der Waals surface area contributed by atoms with E-state index in [2.05, 4.69) is 26.1 Å². The molecule has 19 heavy (non-hydrogen) atoms. The Labute approximate surface area is 118 Å². The third-order valence-electron chi connectivity index (χ3n) is 4.40. The van der Waals surface area contributed by atoms with Crippen molar-refractivity contribution in [3.63, 3.8) is 0 Å². The van der Waals surface area contributed by atoms with Gasteiger partial charge in [0.2, 0.25) is 0 Å². The molecule has 0 aromatic heterocycles. The van der Waals surface area contributed by atoms with Crippen molar-refractivity contribution in [2.24, 2.45) is 5.41 Å². The summed E-state index contributed by atoms with van der Waals surface area (Å²) < 4.78 is 6.07. The van der Waals surface area contributed by atoms with Crippen LogP contribution < -0.4 is 5.32 Å². The summed E-state index contributed by atoms with van der Waals surface area (Å²) in [6.07, 6.45) is 8.37. The maximum Gasteiger partial charge on any atom is 0.0614 e. The van der Waals surface area contributed by atoms with Gasteiger partial charge < -0.3 is 15.2 Å². The van der Waals surface area contributed by atoms with Gasteiger partial charge in [-0.1, -0.05) is 20.8 Å². The van der Waals surface area contributed by atoms with Crippen LogP contribution in [0, 0.1) is 5.41 Å². The lowest BCUT2D eigenvalue weighted by Crippen LogP contribution is -2.54. The fourth-order valence-corrected chi connectivity index (χ4v) is 2.96. The van der Waals surface area contributed by atoms with Crippen LogP contribution in [0.25, 0.3) is 0 Å². The SMILES string of the molecule is CC(C)(C)CCOC1CCCC(CO)(NC2CC2)C1. The topological polar surface area (TPSA) is 41.5 Å². The molecule has 0 bridgehead atoms. The van der Waals surface area contributed by atoms with Crippen molar-refractivity contribution in [3.05, 3.63) is 0 Å². The molecule has 2 fully saturated rings. The van der Waals surface area contributed by atoms with Gasteiger partial charge in [0.05, 0.1) is 12.7 Å². The molecule has 0 aromatic carbocycles. The van der Waals surface area contributed by atoms with E-state index in [4.69, 9.17) is 4.74 Å². The smallest absolute Gasteiger partial charge is 0.0614 e. The zero-order chi connectivity index (χ0) is 13.9. The van der Waals surface area contributed by atoms with Gasteiger partial charge in [-0.3, -0.25) is 0 Å². The lowest BCUT2D eigenvalue weighted by atomic mass is 9.80. The largest absolute Gasteiger partial charge is 0.394 e. The van der Waals surface area contributed by atoms with E-state index in [1.165, 1.54) is 19.3 Å². The molecule has 0 spiro atoms. The number of hydrogen-bond donors (Lipinski definition) is 2. The van der Waals surface area contributed by atoms with Gasteiger partial charge in [0.25, 0.3) is 0 Å². The number of hydrogen-bond acceptors (Lipinski definition) is 3. The first kappa shape index (κ1) is 15.3. The van der Waals surface area contributed by atoms with Gasteiger partial charge in [0, 0.05) is 18.2 Å². The van der Waals surface area contributed by atoms with Crippen molar-refractivity contribution in [1.29, 1.82) is 0 Å². The predicted octanol–water partition coefficient (Wildman–Crippen LogP) is 2.86. The van der Waals surface area contributed by atoms with Crippen LogP contribution >= 0.6 is 0 Å². The fourth-order valence-electron chi connectivity index (χ4n) is 2.96. The highest BCUT2D eigenvalue weighted by molar-refractivity contribution is 4.99. The molecule has 0 aliphatic heterocycles. The minimum absolute atomic E-state index is 0.0637. The molecular weight excluding hydrogens is 238 g/mol. The molecule has 2 aliphatic rings. The van der Waals surface area contributed by atoms with Crippen molar-refractivity contribution in [2.45, 2.75) is 83.4 Å². The van der Waals surface area contributed by atoms with Crippen LogP contribution in [0.2, 0.25) is 0 Å². The molecule has 0 radical (unpaired) electrons. The Kier molecular flexibility index (Phi) is 4.91. The van der Waals surface area contributed by atoms with Crippen LogP contribution in [0.3, 0.4) is 0 Å². The number of aliphatic hydroxyl groups is 1. The van der Waals surface area contributed by atoms with Crippen LogP contribution in [0.5, 0.6) is 0 Å². The fraction of sp³-hybridized carbons (Fsp3) is 1.00. The zero-order valence-corrected chi connectivity index (χ0v) is 12.9. The van der Waals surface area contributed by atoms with E-state index < -0.39 is 0 Å². The van der Waals surface area contributed by atoms with E-state index in [1.54, 1.807) is 0 Å². The van der Waals surface area contributed by atoms with Gasteiger partial charge in [-0.15, -0.1) is 0 Å². The van der Waals surface area contributed by atoms with Crippen LogP contribution in [-0.2, 0) is 4.74 Å². The van der Waals surface area contributed by atoms with Crippen LogP contribution in [0.1, 0.15) is 65.7 Å². The van der Waals surface area contributed by atoms with Crippen molar-refractivity contribution in [1.82, 2.24) is 5.32 Å². The summed E-state index contributed by atoms with van der Waals surface area (Å²) in [5.41, 5.74) is 0.279. The van der Waals surface area contributed by atoms with E-state index in [9.17, 15) is 5.11 Å². The summed E-state index contributed by atoms with van der Waals surface area (Å²) in [5, 5.41) is 13.4. The normalized spacial score (nSPS) is 32.5. The maximum absolute atomic E-state index is 9.77. The molecule has 2 saturated carbocycles. The molecule has 2 N–H and O–H groups in total. The average molecular weight is 269 g/mol. The highest BCUT2D eigenvalue weighted by Gasteiger charge is 2.40. The summed E-state index contributed by atoms with van der Waals surface area (Å²) in [5.74, 6) is 0. The quantitative estimate of drug-likeness (QED) is 0.779. The molecular formula is C16H31NO2. The molecule has 2 aliphatic carbocycles. The molecule has 2 atom stereocenters. The summed E-state index contributed by atoms with van der Waals surface area (Å²) >= 11 is 0. The predicted molar refractivity (Wildman–Crippen MR) is 78.3 cm³/mol. The molecule has 3 heteroatoms. The van der Waals surface area contributed by atoms with E-state index in [0.29, 0.717) is 17.6 Å². The van der Waals surface area contributed by atoms with Crippen molar-refractivity contribution in [3.8, 4) is 0 Å². The van der Waals surface area contributed by atoms with Gasteiger partial charge in [0.1, 0.15) is 0 Å². The summed E-state index contributed by atoms with van der Waals surface area (Å²) in [6.45, 7) is 7.86. The standard InChI is InChI=1S/C16H31NO2/c1-15(2,3)9-10-19-14-5-4-8-16(11-14,12-18)17-13-6-7-13/h13-14,17-18H,4-12H2,1-3H3. The second-order valence-electron chi connectivity index (χ2n) is 7.76. The molecule has 2 rings (SSSR count). The van der Waals surface area contributed by atoms with Crippen LogP contribution in [0.15, 0.2) is 0 Å². The lowest BCUT2D eigenvalue weighted by Gasteiger charge is -2.40. The Bertz CT molecular complexity index is 283. The monoisotopic (exact) mass is 269 g/mol. The Hall–Kier alpha value is -0.120. The number of ether oxygens (including phenoxy) is 1. The first-order valence-electron chi connectivity index (χ1n) is 7.93. The van der Waals surface area contributed by atoms with Crippen molar-refractivity contribution in [2.75, 3.05) is 13.2 Å². The second kappa shape index (κ2) is 6.11. The zero-order valence-electron chi connectivity index (χ0n) is 12.9. The molecule has 0 saturated heterocycles. The Morgan fingerprint density at radius 1 is 1.26 bits per heavy atom. The molecule has 0 aromatic rings. The van der Waals surface area contributed by atoms with Gasteiger partial charge >= 0.3 is 0 Å². The minimum atomic E-state index is -0.0637. The van der Waals surface area contributed by atoms with Gasteiger partial charge in [-0.2, -0.15) is 0 Å². The highest BCUT2D eigenvalue weighted by atomic mass is 16.5. The van der Waals surface area contributed by atoms with E-state index in [-0.39, 0.29) is 12.1 Å².